The predicted octanol–water partition coefficient (Wildman–Crippen LogP) is -0.134. The average molecular weight is 246 g/mol. The highest BCUT2D eigenvalue weighted by Crippen LogP contribution is 2.29. The third kappa shape index (κ3) is 3.62. The van der Waals surface area contributed by atoms with Gasteiger partial charge in [0.15, 0.2) is 0 Å². The third-order valence-corrected chi connectivity index (χ3v) is 2.77. The summed E-state index contributed by atoms with van der Waals surface area (Å²) < 4.78 is 10.8. The largest absolute Gasteiger partial charge is 0.393 e. The molecule has 0 aliphatic rings. The highest BCUT2D eigenvalue weighted by atomic mass is 16.6. The number of ether oxygens (including phenoxy) is 2. The SMILES string of the molecule is C=CCOC(C)(CO)C(CO)(CO)OCC=C. The quantitative estimate of drug-likeness (QED) is 0.468. The van der Waals surface area contributed by atoms with Crippen LogP contribution in [0.15, 0.2) is 25.3 Å². The zero-order chi connectivity index (χ0) is 13.4. The van der Waals surface area contributed by atoms with Crippen LogP contribution in [0.4, 0.5) is 0 Å². The highest BCUT2D eigenvalue weighted by molar-refractivity contribution is 5.00. The molecule has 0 rings (SSSR count). The molecular weight excluding hydrogens is 224 g/mol. The fourth-order valence-electron chi connectivity index (χ4n) is 1.41. The summed E-state index contributed by atoms with van der Waals surface area (Å²) in [6, 6.07) is 0. The molecule has 0 aromatic heterocycles. The van der Waals surface area contributed by atoms with E-state index in [0.717, 1.165) is 0 Å². The standard InChI is InChI=1S/C12H22O5/c1-4-6-16-11(3,8-13)12(9-14,10-15)17-7-5-2/h4-5,13-15H,1-2,6-10H2,3H3. The van der Waals surface area contributed by atoms with Crippen molar-refractivity contribution in [3.63, 3.8) is 0 Å². The Kier molecular flexibility index (Phi) is 7.26. The number of aliphatic hydroxyl groups is 3. The number of hydrogen-bond donors (Lipinski definition) is 3. The molecule has 1 atom stereocenters. The van der Waals surface area contributed by atoms with Crippen molar-refractivity contribution in [3.05, 3.63) is 25.3 Å². The summed E-state index contributed by atoms with van der Waals surface area (Å²) in [5.74, 6) is 0. The van der Waals surface area contributed by atoms with E-state index in [9.17, 15) is 15.3 Å². The maximum absolute atomic E-state index is 9.43. The lowest BCUT2D eigenvalue weighted by Crippen LogP contribution is -2.62. The molecule has 0 bridgehead atoms. The first-order chi connectivity index (χ1) is 8.05. The summed E-state index contributed by atoms with van der Waals surface area (Å²) >= 11 is 0. The number of aliphatic hydroxyl groups excluding tert-OH is 3. The van der Waals surface area contributed by atoms with E-state index in [2.05, 4.69) is 13.2 Å². The van der Waals surface area contributed by atoms with E-state index in [1.807, 2.05) is 0 Å². The van der Waals surface area contributed by atoms with E-state index in [1.54, 1.807) is 6.92 Å². The van der Waals surface area contributed by atoms with Gasteiger partial charge in [0.25, 0.3) is 0 Å². The molecule has 1 unspecified atom stereocenters. The van der Waals surface area contributed by atoms with Crippen molar-refractivity contribution < 1.29 is 24.8 Å². The zero-order valence-corrected chi connectivity index (χ0v) is 10.3. The second-order valence-corrected chi connectivity index (χ2v) is 3.90. The van der Waals surface area contributed by atoms with E-state index in [0.29, 0.717) is 0 Å². The van der Waals surface area contributed by atoms with Gasteiger partial charge in [-0.15, -0.1) is 13.2 Å². The van der Waals surface area contributed by atoms with Crippen molar-refractivity contribution in [2.45, 2.75) is 18.1 Å². The van der Waals surface area contributed by atoms with Gasteiger partial charge in [-0.1, -0.05) is 12.2 Å². The average Bonchev–Trinajstić information content (AvgIpc) is 2.38. The van der Waals surface area contributed by atoms with Crippen molar-refractivity contribution in [1.82, 2.24) is 0 Å². The topological polar surface area (TPSA) is 79.2 Å². The molecule has 0 aliphatic heterocycles. The highest BCUT2D eigenvalue weighted by Gasteiger charge is 2.49. The molecule has 0 aromatic rings. The van der Waals surface area contributed by atoms with Crippen LogP contribution in [0.5, 0.6) is 0 Å². The molecule has 0 spiro atoms. The van der Waals surface area contributed by atoms with Gasteiger partial charge < -0.3 is 24.8 Å². The maximum atomic E-state index is 9.43. The summed E-state index contributed by atoms with van der Waals surface area (Å²) in [6.07, 6.45) is 3.01. The maximum Gasteiger partial charge on any atom is 0.145 e. The Balaban J connectivity index is 5.05. The molecule has 100 valence electrons. The monoisotopic (exact) mass is 246 g/mol. The van der Waals surface area contributed by atoms with Crippen LogP contribution in [-0.2, 0) is 9.47 Å². The molecule has 0 saturated carbocycles. The molecular formula is C12H22O5. The first kappa shape index (κ1) is 16.3. The minimum absolute atomic E-state index is 0.133. The van der Waals surface area contributed by atoms with E-state index < -0.39 is 31.0 Å². The van der Waals surface area contributed by atoms with Crippen molar-refractivity contribution >= 4 is 0 Å². The summed E-state index contributed by atoms with van der Waals surface area (Å²) in [7, 11) is 0. The van der Waals surface area contributed by atoms with Gasteiger partial charge in [-0.3, -0.25) is 0 Å². The van der Waals surface area contributed by atoms with E-state index in [4.69, 9.17) is 9.47 Å². The van der Waals surface area contributed by atoms with Crippen LogP contribution in [0.2, 0.25) is 0 Å². The van der Waals surface area contributed by atoms with Gasteiger partial charge in [0.05, 0.1) is 33.0 Å². The van der Waals surface area contributed by atoms with Gasteiger partial charge in [0.2, 0.25) is 0 Å². The molecule has 5 nitrogen and oxygen atoms in total. The lowest BCUT2D eigenvalue weighted by atomic mass is 9.85. The normalized spacial score (nSPS) is 15.3. The van der Waals surface area contributed by atoms with Gasteiger partial charge in [-0.05, 0) is 6.92 Å². The van der Waals surface area contributed by atoms with Crippen LogP contribution < -0.4 is 0 Å². The van der Waals surface area contributed by atoms with E-state index >= 15 is 0 Å². The lowest BCUT2D eigenvalue weighted by Gasteiger charge is -2.44. The Morgan fingerprint density at radius 2 is 1.41 bits per heavy atom. The molecule has 0 heterocycles. The summed E-state index contributed by atoms with van der Waals surface area (Å²) in [6.45, 7) is 7.51. The summed E-state index contributed by atoms with van der Waals surface area (Å²) in [5, 5.41) is 28.3. The molecule has 5 heteroatoms. The summed E-state index contributed by atoms with van der Waals surface area (Å²) in [5.41, 5.74) is -2.62. The second-order valence-electron chi connectivity index (χ2n) is 3.90. The molecule has 3 N–H and O–H groups in total. The number of rotatable bonds is 10. The van der Waals surface area contributed by atoms with E-state index in [-0.39, 0.29) is 13.2 Å². The molecule has 0 aromatic carbocycles. The Hall–Kier alpha value is -0.720. The molecule has 17 heavy (non-hydrogen) atoms. The van der Waals surface area contributed by atoms with Crippen LogP contribution in [0.3, 0.4) is 0 Å². The minimum Gasteiger partial charge on any atom is -0.393 e. The van der Waals surface area contributed by atoms with Gasteiger partial charge in [-0.25, -0.2) is 0 Å². The summed E-state index contributed by atoms with van der Waals surface area (Å²) in [4.78, 5) is 0. The first-order valence-electron chi connectivity index (χ1n) is 5.38. The Bertz CT molecular complexity index is 237. The molecule has 0 radical (unpaired) electrons. The van der Waals surface area contributed by atoms with Crippen LogP contribution in [0.25, 0.3) is 0 Å². The Morgan fingerprint density at radius 3 is 1.76 bits per heavy atom. The van der Waals surface area contributed by atoms with Gasteiger partial charge in [0, 0.05) is 0 Å². The molecule has 0 aliphatic carbocycles. The van der Waals surface area contributed by atoms with Crippen molar-refractivity contribution in [2.75, 3.05) is 33.0 Å². The zero-order valence-electron chi connectivity index (χ0n) is 10.3. The molecule has 0 fully saturated rings. The molecule has 0 amide bonds. The van der Waals surface area contributed by atoms with Gasteiger partial charge in [0.1, 0.15) is 11.2 Å². The fraction of sp³-hybridized carbons (Fsp3) is 0.667. The molecule has 0 saturated heterocycles. The van der Waals surface area contributed by atoms with Crippen molar-refractivity contribution in [2.24, 2.45) is 0 Å². The second kappa shape index (κ2) is 7.58. The fourth-order valence-corrected chi connectivity index (χ4v) is 1.41. The predicted molar refractivity (Wildman–Crippen MR) is 64.7 cm³/mol. The Morgan fingerprint density at radius 1 is 0.941 bits per heavy atom. The minimum atomic E-state index is -1.39. The third-order valence-electron chi connectivity index (χ3n) is 2.77. The van der Waals surface area contributed by atoms with Crippen LogP contribution in [0.1, 0.15) is 6.92 Å². The van der Waals surface area contributed by atoms with Gasteiger partial charge >= 0.3 is 0 Å². The van der Waals surface area contributed by atoms with Crippen LogP contribution in [-0.4, -0.2) is 59.6 Å². The van der Waals surface area contributed by atoms with Crippen molar-refractivity contribution in [3.8, 4) is 0 Å². The van der Waals surface area contributed by atoms with Crippen LogP contribution in [0, 0.1) is 0 Å². The smallest absolute Gasteiger partial charge is 0.145 e. The van der Waals surface area contributed by atoms with Crippen LogP contribution >= 0.6 is 0 Å². The first-order valence-corrected chi connectivity index (χ1v) is 5.38. The van der Waals surface area contributed by atoms with Crippen molar-refractivity contribution in [1.29, 1.82) is 0 Å². The number of hydrogen-bond acceptors (Lipinski definition) is 5. The van der Waals surface area contributed by atoms with E-state index in [1.165, 1.54) is 12.2 Å². The Labute approximate surface area is 102 Å². The lowest BCUT2D eigenvalue weighted by molar-refractivity contribution is -0.235. The van der Waals surface area contributed by atoms with Gasteiger partial charge in [-0.2, -0.15) is 0 Å².